The van der Waals surface area contributed by atoms with E-state index >= 15 is 0 Å². The van der Waals surface area contributed by atoms with Crippen molar-refractivity contribution in [2.24, 2.45) is 4.99 Å². The van der Waals surface area contributed by atoms with Gasteiger partial charge in [-0.2, -0.15) is 0 Å². The smallest absolute Gasteiger partial charge is 0.127 e. The van der Waals surface area contributed by atoms with E-state index in [1.807, 2.05) is 19.9 Å². The Morgan fingerprint density at radius 3 is 2.60 bits per heavy atom. The molecule has 0 spiro atoms. The van der Waals surface area contributed by atoms with Gasteiger partial charge in [-0.25, -0.2) is 0 Å². The molecule has 0 unspecified atom stereocenters. The quantitative estimate of drug-likeness (QED) is 0.315. The first-order chi connectivity index (χ1) is 7.15. The summed E-state index contributed by atoms with van der Waals surface area (Å²) < 4.78 is 0. The number of amidine groups is 1. The van der Waals surface area contributed by atoms with Gasteiger partial charge < -0.3 is 10.1 Å². The van der Waals surface area contributed by atoms with Gasteiger partial charge in [0.1, 0.15) is 12.1 Å². The van der Waals surface area contributed by atoms with Crippen molar-refractivity contribution in [2.75, 3.05) is 7.05 Å². The molecule has 0 amide bonds. The molecule has 84 valence electrons. The van der Waals surface area contributed by atoms with Gasteiger partial charge in [0.15, 0.2) is 0 Å². The summed E-state index contributed by atoms with van der Waals surface area (Å²) in [5.41, 5.74) is 1.99. The zero-order valence-electron chi connectivity index (χ0n) is 9.84. The van der Waals surface area contributed by atoms with Crippen molar-refractivity contribution in [3.8, 4) is 0 Å². The van der Waals surface area contributed by atoms with Gasteiger partial charge in [-0.05, 0) is 32.3 Å². The zero-order valence-corrected chi connectivity index (χ0v) is 9.84. The maximum atomic E-state index is 10.2. The number of nitrogens with zero attached hydrogens (tertiary/aromatic N) is 1. The minimum atomic E-state index is 0.602. The molecular weight excluding hydrogens is 188 g/mol. The number of rotatable bonds is 6. The lowest BCUT2D eigenvalue weighted by Gasteiger charge is -2.12. The zero-order chi connectivity index (χ0) is 11.7. The van der Waals surface area contributed by atoms with Crippen LogP contribution in [-0.4, -0.2) is 19.2 Å². The lowest BCUT2D eigenvalue weighted by Crippen LogP contribution is -2.23. The summed E-state index contributed by atoms with van der Waals surface area (Å²) in [5.74, 6) is 0.800. The summed E-state index contributed by atoms with van der Waals surface area (Å²) >= 11 is 0. The maximum Gasteiger partial charge on any atom is 0.127 e. The number of carbonyl (C=O) groups excluding carboxylic acids is 1. The highest BCUT2D eigenvalue weighted by Gasteiger charge is 2.01. The van der Waals surface area contributed by atoms with Crippen molar-refractivity contribution < 1.29 is 4.79 Å². The van der Waals surface area contributed by atoms with Crippen molar-refractivity contribution in [1.29, 1.82) is 0 Å². The van der Waals surface area contributed by atoms with E-state index in [0.717, 1.165) is 36.2 Å². The lowest BCUT2D eigenvalue weighted by atomic mass is 10.2. The van der Waals surface area contributed by atoms with E-state index in [-0.39, 0.29) is 0 Å². The molecule has 0 aromatic heterocycles. The minimum Gasteiger partial charge on any atom is -0.344 e. The molecule has 0 aliphatic carbocycles. The van der Waals surface area contributed by atoms with Crippen LogP contribution in [0.15, 0.2) is 28.9 Å². The molecule has 0 bridgehead atoms. The van der Waals surface area contributed by atoms with Gasteiger partial charge in [0.05, 0.1) is 0 Å². The van der Waals surface area contributed by atoms with E-state index in [1.165, 1.54) is 0 Å². The summed E-state index contributed by atoms with van der Waals surface area (Å²) in [6.45, 7) is 7.71. The molecule has 0 atom stereocenters. The topological polar surface area (TPSA) is 41.5 Å². The van der Waals surface area contributed by atoms with Crippen LogP contribution in [0.4, 0.5) is 0 Å². The molecule has 0 saturated carbocycles. The predicted octanol–water partition coefficient (Wildman–Crippen LogP) is 2.45. The summed E-state index contributed by atoms with van der Waals surface area (Å²) in [4.78, 5) is 14.3. The Morgan fingerprint density at radius 2 is 2.20 bits per heavy atom. The highest BCUT2D eigenvalue weighted by atomic mass is 16.1. The molecule has 0 rings (SSSR count). The normalized spacial score (nSPS) is 12.5. The van der Waals surface area contributed by atoms with Crippen LogP contribution in [0.5, 0.6) is 0 Å². The van der Waals surface area contributed by atoms with Crippen LogP contribution in [0.3, 0.4) is 0 Å². The number of allylic oxidation sites excluding steroid dienone is 2. The molecule has 3 nitrogen and oxygen atoms in total. The van der Waals surface area contributed by atoms with Crippen LogP contribution in [0, 0.1) is 0 Å². The van der Waals surface area contributed by atoms with E-state index in [4.69, 9.17) is 0 Å². The Balaban J connectivity index is 4.21. The molecule has 15 heavy (non-hydrogen) atoms. The maximum absolute atomic E-state index is 10.2. The van der Waals surface area contributed by atoms with E-state index in [2.05, 4.69) is 16.9 Å². The Morgan fingerprint density at radius 1 is 1.53 bits per heavy atom. The molecule has 3 heteroatoms. The van der Waals surface area contributed by atoms with Crippen LogP contribution < -0.4 is 5.32 Å². The molecule has 0 aromatic rings. The van der Waals surface area contributed by atoms with Crippen molar-refractivity contribution in [1.82, 2.24) is 5.32 Å². The Hall–Kier alpha value is -1.38. The van der Waals surface area contributed by atoms with Gasteiger partial charge in [0, 0.05) is 19.2 Å². The number of carbonyl (C=O) groups is 1. The number of unbranched alkanes of at least 4 members (excludes halogenated alkanes) is 1. The van der Waals surface area contributed by atoms with Crippen molar-refractivity contribution in [3.05, 3.63) is 23.9 Å². The number of aliphatic imine (C=N–C) groups is 1. The van der Waals surface area contributed by atoms with Crippen LogP contribution in [0.25, 0.3) is 0 Å². The van der Waals surface area contributed by atoms with E-state index in [1.54, 1.807) is 7.05 Å². The molecule has 0 saturated heterocycles. The van der Waals surface area contributed by atoms with Crippen molar-refractivity contribution in [3.63, 3.8) is 0 Å². The largest absolute Gasteiger partial charge is 0.344 e. The van der Waals surface area contributed by atoms with Crippen molar-refractivity contribution >= 4 is 12.1 Å². The second kappa shape index (κ2) is 7.97. The molecule has 0 aromatic carbocycles. The number of hydrogen-bond donors (Lipinski definition) is 1. The summed E-state index contributed by atoms with van der Waals surface area (Å²) in [5, 5.41) is 3.21. The average Bonchev–Trinajstić information content (AvgIpc) is 2.22. The second-order valence-corrected chi connectivity index (χ2v) is 3.35. The van der Waals surface area contributed by atoms with Gasteiger partial charge in [-0.3, -0.25) is 4.99 Å². The summed E-state index contributed by atoms with van der Waals surface area (Å²) in [6, 6.07) is 0. The first kappa shape index (κ1) is 13.6. The standard InChI is InChI=1S/C12H20N2O/c1-5-11(8-6-7-9-15)14-12(13-4)10(2)3/h5,9H,2,6-8H2,1,3-4H3,(H,13,14)/b11-5-. The molecule has 0 radical (unpaired) electrons. The minimum absolute atomic E-state index is 0.602. The van der Waals surface area contributed by atoms with Crippen molar-refractivity contribution in [2.45, 2.75) is 33.1 Å². The molecule has 0 aliphatic heterocycles. The van der Waals surface area contributed by atoms with Gasteiger partial charge in [0.2, 0.25) is 0 Å². The van der Waals surface area contributed by atoms with E-state index in [9.17, 15) is 4.79 Å². The third-order valence-corrected chi connectivity index (χ3v) is 2.02. The average molecular weight is 208 g/mol. The van der Waals surface area contributed by atoms with E-state index in [0.29, 0.717) is 6.42 Å². The fourth-order valence-electron chi connectivity index (χ4n) is 1.16. The number of hydrogen-bond acceptors (Lipinski definition) is 2. The van der Waals surface area contributed by atoms with Gasteiger partial charge in [-0.15, -0.1) is 0 Å². The third-order valence-electron chi connectivity index (χ3n) is 2.02. The van der Waals surface area contributed by atoms with Crippen LogP contribution >= 0.6 is 0 Å². The third kappa shape index (κ3) is 5.83. The Labute approximate surface area is 92.0 Å². The first-order valence-electron chi connectivity index (χ1n) is 5.14. The van der Waals surface area contributed by atoms with E-state index < -0.39 is 0 Å². The summed E-state index contributed by atoms with van der Waals surface area (Å²) in [6.07, 6.45) is 5.27. The molecule has 1 N–H and O–H groups in total. The van der Waals surface area contributed by atoms with Crippen LogP contribution in [0.1, 0.15) is 33.1 Å². The molecule has 0 fully saturated rings. The Bertz CT molecular complexity index is 277. The second-order valence-electron chi connectivity index (χ2n) is 3.35. The van der Waals surface area contributed by atoms with Gasteiger partial charge >= 0.3 is 0 Å². The number of nitrogens with one attached hydrogen (secondary N) is 1. The SMILES string of the molecule is C=C(C)C(=NC)N/C(=C\C)CCCC=O. The monoisotopic (exact) mass is 208 g/mol. The first-order valence-corrected chi connectivity index (χ1v) is 5.14. The fourth-order valence-corrected chi connectivity index (χ4v) is 1.16. The Kier molecular flexibility index (Phi) is 7.24. The van der Waals surface area contributed by atoms with Crippen LogP contribution in [0.2, 0.25) is 0 Å². The summed E-state index contributed by atoms with van der Waals surface area (Å²) in [7, 11) is 1.73. The molecule has 0 aliphatic rings. The highest BCUT2D eigenvalue weighted by Crippen LogP contribution is 2.05. The van der Waals surface area contributed by atoms with Gasteiger partial charge in [0.25, 0.3) is 0 Å². The van der Waals surface area contributed by atoms with Crippen LogP contribution in [-0.2, 0) is 4.79 Å². The highest BCUT2D eigenvalue weighted by molar-refractivity contribution is 5.98. The predicted molar refractivity (Wildman–Crippen MR) is 65.0 cm³/mol. The van der Waals surface area contributed by atoms with Gasteiger partial charge in [-0.1, -0.05) is 12.7 Å². The fraction of sp³-hybridized carbons (Fsp3) is 0.500. The molecule has 0 heterocycles. The molecular formula is C12H20N2O. The lowest BCUT2D eigenvalue weighted by molar-refractivity contribution is -0.107. The number of aldehydes is 1.